The third-order valence-corrected chi connectivity index (χ3v) is 4.44. The number of amides is 1. The van der Waals surface area contributed by atoms with E-state index in [1.807, 2.05) is 60.7 Å². The molecule has 0 saturated carbocycles. The molecule has 3 rings (SSSR count). The van der Waals surface area contributed by atoms with Crippen molar-refractivity contribution in [2.24, 2.45) is 5.10 Å². The summed E-state index contributed by atoms with van der Waals surface area (Å²) in [6.45, 7) is -0.386. The lowest BCUT2D eigenvalue weighted by Gasteiger charge is -2.23. The van der Waals surface area contributed by atoms with Gasteiger partial charge in [0.25, 0.3) is 5.91 Å². The Balaban J connectivity index is 1.83. The molecule has 0 N–H and O–H groups in total. The first-order valence-corrected chi connectivity index (χ1v) is 8.64. The number of alkyl halides is 3. The molecule has 0 saturated heterocycles. The first kappa shape index (κ1) is 18.9. The van der Waals surface area contributed by atoms with E-state index in [0.29, 0.717) is 6.42 Å². The van der Waals surface area contributed by atoms with Gasteiger partial charge in [-0.05, 0) is 17.7 Å². The van der Waals surface area contributed by atoms with Crippen LogP contribution in [0.2, 0.25) is 0 Å². The van der Waals surface area contributed by atoms with Crippen LogP contribution in [0.15, 0.2) is 65.8 Å². The summed E-state index contributed by atoms with van der Waals surface area (Å²) in [6.07, 6.45) is -4.99. The first-order valence-electron chi connectivity index (χ1n) is 8.64. The van der Waals surface area contributed by atoms with Gasteiger partial charge in [-0.2, -0.15) is 18.3 Å². The zero-order valence-electron chi connectivity index (χ0n) is 14.9. The quantitative estimate of drug-likeness (QED) is 0.776. The van der Waals surface area contributed by atoms with Crippen molar-refractivity contribution in [2.45, 2.75) is 25.1 Å². The molecule has 1 atom stereocenters. The maximum atomic E-state index is 12.6. The third-order valence-electron chi connectivity index (χ3n) is 4.44. The van der Waals surface area contributed by atoms with Gasteiger partial charge in [0.1, 0.15) is 5.71 Å². The fourth-order valence-corrected chi connectivity index (χ4v) is 3.01. The molecule has 4 nitrogen and oxygen atoms in total. The topological polar surface area (TPSA) is 35.9 Å². The minimum Gasteiger partial charge on any atom is -0.340 e. The number of hydrogen-bond acceptors (Lipinski definition) is 3. The van der Waals surface area contributed by atoms with Gasteiger partial charge in [-0.15, -0.1) is 0 Å². The van der Waals surface area contributed by atoms with E-state index in [4.69, 9.17) is 0 Å². The zero-order chi connectivity index (χ0) is 19.4. The molecule has 142 valence electrons. The van der Waals surface area contributed by atoms with Gasteiger partial charge in [0.2, 0.25) is 0 Å². The first-order chi connectivity index (χ1) is 12.8. The number of anilines is 1. The minimum absolute atomic E-state index is 0.177. The number of rotatable bonds is 5. The van der Waals surface area contributed by atoms with Crippen LogP contribution in [0.25, 0.3) is 0 Å². The molecule has 1 heterocycles. The predicted molar refractivity (Wildman–Crippen MR) is 98.5 cm³/mol. The fraction of sp³-hybridized carbons (Fsp3) is 0.300. The molecule has 0 fully saturated rings. The Kier molecular flexibility index (Phi) is 5.48. The molecule has 0 aliphatic carbocycles. The second kappa shape index (κ2) is 7.82. The summed E-state index contributed by atoms with van der Waals surface area (Å²) in [5, 5.41) is 6.22. The van der Waals surface area contributed by atoms with E-state index in [0.717, 1.165) is 16.2 Å². The van der Waals surface area contributed by atoms with Crippen molar-refractivity contribution < 1.29 is 18.0 Å². The normalized spacial score (nSPS) is 17.0. The largest absolute Gasteiger partial charge is 0.390 e. The summed E-state index contributed by atoms with van der Waals surface area (Å²) in [6, 6.07) is 18.9. The van der Waals surface area contributed by atoms with Crippen LogP contribution in [0, 0.1) is 0 Å². The van der Waals surface area contributed by atoms with E-state index in [9.17, 15) is 18.0 Å². The minimum atomic E-state index is -4.30. The molecule has 0 aromatic heterocycles. The Bertz CT molecular complexity index is 806. The molecule has 7 heteroatoms. The Morgan fingerprint density at radius 2 is 1.70 bits per heavy atom. The van der Waals surface area contributed by atoms with E-state index in [2.05, 4.69) is 5.10 Å². The molecule has 2 aromatic carbocycles. The highest BCUT2D eigenvalue weighted by molar-refractivity contribution is 6.39. The van der Waals surface area contributed by atoms with Gasteiger partial charge in [0, 0.05) is 20.0 Å². The van der Waals surface area contributed by atoms with E-state index in [-0.39, 0.29) is 18.3 Å². The van der Waals surface area contributed by atoms with Crippen LogP contribution in [-0.4, -0.2) is 36.3 Å². The van der Waals surface area contributed by atoms with Gasteiger partial charge in [-0.25, -0.2) is 0 Å². The molecular weight excluding hydrogens is 355 g/mol. The van der Waals surface area contributed by atoms with Crippen LogP contribution >= 0.6 is 0 Å². The van der Waals surface area contributed by atoms with Gasteiger partial charge in [-0.1, -0.05) is 48.5 Å². The highest BCUT2D eigenvalue weighted by atomic mass is 19.4. The molecule has 0 radical (unpaired) electrons. The Labute approximate surface area is 155 Å². The number of carbonyl (C=O) groups is 1. The molecule has 27 heavy (non-hydrogen) atoms. The number of hydrazone groups is 1. The summed E-state index contributed by atoms with van der Waals surface area (Å²) < 4.78 is 37.3. The summed E-state index contributed by atoms with van der Waals surface area (Å²) in [7, 11) is 1.37. The van der Waals surface area contributed by atoms with Crippen LogP contribution in [0.5, 0.6) is 0 Å². The lowest BCUT2D eigenvalue weighted by Crippen LogP contribution is -2.35. The van der Waals surface area contributed by atoms with Crippen molar-refractivity contribution >= 4 is 17.3 Å². The zero-order valence-corrected chi connectivity index (χ0v) is 14.9. The molecule has 2 aromatic rings. The van der Waals surface area contributed by atoms with Gasteiger partial charge < -0.3 is 4.90 Å². The number of hydrogen-bond donors (Lipinski definition) is 0. The number of para-hydroxylation sites is 1. The molecule has 0 bridgehead atoms. The van der Waals surface area contributed by atoms with Crippen molar-refractivity contribution in [3.63, 3.8) is 0 Å². The number of halogens is 3. The van der Waals surface area contributed by atoms with Gasteiger partial charge in [-0.3, -0.25) is 9.80 Å². The average molecular weight is 375 g/mol. The smallest absolute Gasteiger partial charge is 0.340 e. The second-order valence-electron chi connectivity index (χ2n) is 6.45. The van der Waals surface area contributed by atoms with E-state index >= 15 is 0 Å². The molecular formula is C20H20F3N3O. The van der Waals surface area contributed by atoms with Crippen LogP contribution < -0.4 is 5.01 Å². The lowest BCUT2D eigenvalue weighted by molar-refractivity contribution is -0.141. The SMILES string of the molecule is CN(CCC(F)(F)F)C(=O)C1=NN(c2ccccc2)C(c2ccccc2)C1. The maximum absolute atomic E-state index is 12.6. The van der Waals surface area contributed by atoms with Crippen LogP contribution in [0.1, 0.15) is 24.4 Å². The fourth-order valence-electron chi connectivity index (χ4n) is 3.01. The highest BCUT2D eigenvalue weighted by Crippen LogP contribution is 2.35. The highest BCUT2D eigenvalue weighted by Gasteiger charge is 2.34. The van der Waals surface area contributed by atoms with Gasteiger partial charge >= 0.3 is 6.18 Å². The molecule has 1 aliphatic rings. The Morgan fingerprint density at radius 3 is 2.30 bits per heavy atom. The summed E-state index contributed by atoms with van der Waals surface area (Å²) in [5.74, 6) is -0.474. The molecule has 1 amide bonds. The Morgan fingerprint density at radius 1 is 1.11 bits per heavy atom. The van der Waals surface area contributed by atoms with E-state index < -0.39 is 18.5 Å². The van der Waals surface area contributed by atoms with Crippen LogP contribution in [0.3, 0.4) is 0 Å². The van der Waals surface area contributed by atoms with E-state index in [1.165, 1.54) is 7.05 Å². The average Bonchev–Trinajstić information content (AvgIpc) is 3.11. The Hall–Kier alpha value is -2.83. The van der Waals surface area contributed by atoms with Crippen molar-refractivity contribution in [1.82, 2.24) is 4.90 Å². The standard InChI is InChI=1S/C20H20F3N3O/c1-25(13-12-20(21,22)23)19(27)17-14-18(15-8-4-2-5-9-15)26(24-17)16-10-6-3-7-11-16/h2-11,18H,12-14H2,1H3. The summed E-state index contributed by atoms with van der Waals surface area (Å²) in [4.78, 5) is 13.7. The summed E-state index contributed by atoms with van der Waals surface area (Å²) >= 11 is 0. The molecule has 1 aliphatic heterocycles. The lowest BCUT2D eigenvalue weighted by atomic mass is 10.0. The van der Waals surface area contributed by atoms with Crippen molar-refractivity contribution in [3.05, 3.63) is 66.2 Å². The molecule has 1 unspecified atom stereocenters. The summed E-state index contributed by atoms with van der Waals surface area (Å²) in [5.41, 5.74) is 2.08. The van der Waals surface area contributed by atoms with Crippen molar-refractivity contribution in [3.8, 4) is 0 Å². The number of nitrogens with zero attached hydrogens (tertiary/aromatic N) is 3. The maximum Gasteiger partial charge on any atom is 0.390 e. The third kappa shape index (κ3) is 4.67. The number of carbonyl (C=O) groups excluding carboxylic acids is 1. The van der Waals surface area contributed by atoms with Crippen molar-refractivity contribution in [2.75, 3.05) is 18.6 Å². The van der Waals surface area contributed by atoms with Gasteiger partial charge in [0.15, 0.2) is 0 Å². The van der Waals surface area contributed by atoms with E-state index in [1.54, 1.807) is 5.01 Å². The van der Waals surface area contributed by atoms with Crippen LogP contribution in [0.4, 0.5) is 18.9 Å². The molecule has 0 spiro atoms. The monoisotopic (exact) mass is 375 g/mol. The van der Waals surface area contributed by atoms with Gasteiger partial charge in [0.05, 0.1) is 18.2 Å². The van der Waals surface area contributed by atoms with Crippen molar-refractivity contribution in [1.29, 1.82) is 0 Å². The van der Waals surface area contributed by atoms with Crippen LogP contribution in [-0.2, 0) is 4.79 Å². The predicted octanol–water partition coefficient (Wildman–Crippen LogP) is 4.40. The second-order valence-corrected chi connectivity index (χ2v) is 6.45. The number of benzene rings is 2.